The summed E-state index contributed by atoms with van der Waals surface area (Å²) >= 11 is 0. The average molecular weight is 1900 g/mol. The zero-order chi connectivity index (χ0) is 102. The third-order valence-electron chi connectivity index (χ3n) is 18.2. The van der Waals surface area contributed by atoms with Crippen LogP contribution >= 0.6 is 0 Å². The summed E-state index contributed by atoms with van der Waals surface area (Å²) in [4.78, 5) is 153. The highest BCUT2D eigenvalue weighted by molar-refractivity contribution is 5.95. The predicted molar refractivity (Wildman–Crippen MR) is 529 cm³/mol. The molecule has 732 valence electrons. The van der Waals surface area contributed by atoms with Gasteiger partial charge in [0.2, 0.25) is 5.91 Å². The zero-order valence-electron chi connectivity index (χ0n) is 77.4. The van der Waals surface area contributed by atoms with Gasteiger partial charge in [-0.25, -0.2) is 0 Å². The minimum atomic E-state index is -1.06. The summed E-state index contributed by atoms with van der Waals surface area (Å²) < 4.78 is 9.46. The molecule has 0 unspecified atom stereocenters. The van der Waals surface area contributed by atoms with Crippen molar-refractivity contribution in [3.05, 3.63) is 345 Å². The normalized spacial score (nSPS) is 9.82. The van der Waals surface area contributed by atoms with Crippen molar-refractivity contribution < 1.29 is 123 Å². The Bertz CT molecular complexity index is 5220. The lowest BCUT2D eigenvalue weighted by Gasteiger charge is -2.22. The van der Waals surface area contributed by atoms with Gasteiger partial charge in [0.25, 0.3) is 0 Å². The van der Waals surface area contributed by atoms with E-state index in [1.807, 2.05) is 249 Å². The monoisotopic (exact) mass is 1900 g/mol. The van der Waals surface area contributed by atoms with E-state index in [1.165, 1.54) is 26.7 Å². The first-order chi connectivity index (χ1) is 66.2. The van der Waals surface area contributed by atoms with Gasteiger partial charge in [0.1, 0.15) is 65.4 Å². The Kier molecular flexibility index (Phi) is 57.6. The molecule has 0 aromatic heterocycles. The second-order valence-electron chi connectivity index (χ2n) is 29.2. The Morgan fingerprint density at radius 3 is 0.812 bits per heavy atom. The van der Waals surface area contributed by atoms with E-state index in [2.05, 4.69) is 15.4 Å². The van der Waals surface area contributed by atoms with E-state index in [0.717, 1.165) is 53.4 Å². The fourth-order valence-corrected chi connectivity index (χ4v) is 11.9. The zero-order valence-corrected chi connectivity index (χ0v) is 77.4. The third-order valence-corrected chi connectivity index (χ3v) is 18.2. The number of aliphatic carboxylic acids is 10. The van der Waals surface area contributed by atoms with Crippen molar-refractivity contribution in [2.45, 2.75) is 40.3 Å². The van der Waals surface area contributed by atoms with E-state index in [1.54, 1.807) is 132 Å². The molecule has 1 amide bonds. The highest BCUT2D eigenvalue weighted by atomic mass is 16.5. The molecule has 11 aromatic carbocycles. The van der Waals surface area contributed by atoms with E-state index >= 15 is 0 Å². The van der Waals surface area contributed by atoms with Crippen LogP contribution in [-0.2, 0) is 84.9 Å². The first-order valence-corrected chi connectivity index (χ1v) is 43.1. The third kappa shape index (κ3) is 54.8. The van der Waals surface area contributed by atoms with Crippen LogP contribution in [0, 0.1) is 0 Å². The van der Waals surface area contributed by atoms with Crippen molar-refractivity contribution in [1.82, 2.24) is 9.80 Å². The van der Waals surface area contributed by atoms with Gasteiger partial charge in [-0.15, -0.1) is 0 Å². The number of amides is 1. The molecule has 0 aliphatic carbocycles. The molecule has 0 radical (unpaired) electrons. The van der Waals surface area contributed by atoms with Crippen LogP contribution in [0.15, 0.2) is 334 Å². The second kappa shape index (κ2) is 69.0. The number of rotatable bonds is 43. The van der Waals surface area contributed by atoms with Crippen LogP contribution in [0.4, 0.5) is 51.2 Å². The fraction of sp³-hybridized carbons (Fsp3) is 0.233. The summed E-state index contributed by atoms with van der Waals surface area (Å²) in [6.07, 6.45) is 0.746. The Balaban J connectivity index is 0.000000403. The standard InChI is InChI=1S/C16H16N2O3.C16H17NO2.C14H13NO2.C13H17NO4.C11H13NO4.C10H11NO4.C9H11NO2.C8H9NO2.C6H13NO2/c19-15(17-13-7-3-1-4-8-13)11-18(12-16(20)21)14-9-5-2-6-10-14;18-16(19)13-17(11-14-7-3-1-4-8-14)12-15-9-5-2-6-10-15;16-14(17)11-15(12-7-3-1-4-8-12)13-9-5-2-6-10-13;1-2-8-18-13(17)10-14(9-12(15)16)11-6-4-3-5-7-11;1-16-11(15)8-12(7-10(13)14)9-5-3-2-4-6-9;12-9(13)6-11(7-10(14)15)8-4-2-1-3-5-8;1-10(7-9(11)12)8-5-3-2-4-6-8;10-8(11)6-9-7-4-2-1-3-5-7;1-3-7(4-2)5-6(8)9/h1-10H,11-12H2,(H,17,19)(H,20,21);1-10H,11-13H2,(H,18,19);1-10H,11H2,(H,16,17);3-7H,2,8-10H2,1H3,(H,15,16);2-6H,7-8H2,1H3,(H,13,14);1-5H,6-7H2,(H,12,13)(H,14,15);2-6H,7H2,1H3,(H,11,12);1-5,9H,6H2,(H,10,11);3-5H2,1-2H3,(H,8,9). The number of esters is 2. The summed E-state index contributed by atoms with van der Waals surface area (Å²) in [5.74, 6) is -10.3. The topological polar surface area (TPSA) is 493 Å². The molecule has 0 bridgehead atoms. The number of carboxylic acids is 10. The van der Waals surface area contributed by atoms with Gasteiger partial charge in [-0.3, -0.25) is 72.1 Å². The first-order valence-electron chi connectivity index (χ1n) is 43.1. The van der Waals surface area contributed by atoms with E-state index < -0.39 is 71.6 Å². The number of nitrogens with zero attached hydrogens (tertiary/aromatic N) is 8. The quantitative estimate of drug-likeness (QED) is 0.0158. The lowest BCUT2D eigenvalue weighted by molar-refractivity contribution is -0.143. The summed E-state index contributed by atoms with van der Waals surface area (Å²) in [6, 6.07) is 102. The minimum Gasteiger partial charge on any atom is -0.480 e. The second-order valence-corrected chi connectivity index (χ2v) is 29.2. The van der Waals surface area contributed by atoms with E-state index in [4.69, 9.17) is 55.8 Å². The molecule has 11 rings (SSSR count). The smallest absolute Gasteiger partial charge is 0.325 e. The molecular formula is C103H120N10O25. The molecule has 138 heavy (non-hydrogen) atoms. The molecule has 0 aliphatic heterocycles. The van der Waals surface area contributed by atoms with E-state index in [9.17, 15) is 62.3 Å². The Hall–Kier alpha value is -17.0. The summed E-state index contributed by atoms with van der Waals surface area (Å²) in [7, 11) is 3.02. The van der Waals surface area contributed by atoms with Crippen LogP contribution in [0.25, 0.3) is 0 Å². The molecule has 35 heteroatoms. The lowest BCUT2D eigenvalue weighted by Crippen LogP contribution is -2.37. The number of methoxy groups -OCH3 is 1. The van der Waals surface area contributed by atoms with Crippen molar-refractivity contribution in [2.75, 3.05) is 159 Å². The molecule has 0 saturated heterocycles. The number of carbonyl (C=O) groups is 13. The number of benzene rings is 11. The fourth-order valence-electron chi connectivity index (χ4n) is 11.9. The number of carboxylic acid groups (broad SMARTS) is 10. The van der Waals surface area contributed by atoms with Crippen molar-refractivity contribution in [1.29, 1.82) is 0 Å². The number of anilines is 9. The maximum atomic E-state index is 12.0. The van der Waals surface area contributed by atoms with Crippen molar-refractivity contribution in [3.63, 3.8) is 0 Å². The van der Waals surface area contributed by atoms with Crippen LogP contribution in [0.5, 0.6) is 0 Å². The van der Waals surface area contributed by atoms with Crippen LogP contribution < -0.4 is 40.0 Å². The van der Waals surface area contributed by atoms with Crippen LogP contribution in [0.3, 0.4) is 0 Å². The molecule has 0 saturated carbocycles. The molecule has 0 aliphatic rings. The van der Waals surface area contributed by atoms with Gasteiger partial charge in [-0.2, -0.15) is 0 Å². The van der Waals surface area contributed by atoms with Gasteiger partial charge < -0.3 is 101 Å². The number of hydrogen-bond donors (Lipinski definition) is 12. The van der Waals surface area contributed by atoms with Crippen molar-refractivity contribution >= 4 is 129 Å². The Labute approximate surface area is 801 Å². The number of nitrogens with one attached hydrogen (secondary N) is 2. The van der Waals surface area contributed by atoms with Gasteiger partial charge in [0, 0.05) is 71.3 Å². The van der Waals surface area contributed by atoms with Crippen molar-refractivity contribution in [2.24, 2.45) is 0 Å². The number of likely N-dealkylation sites (N-methyl/N-ethyl adjacent to an activating group) is 2. The molecule has 35 nitrogen and oxygen atoms in total. The predicted octanol–water partition coefficient (Wildman–Crippen LogP) is 13.6. The van der Waals surface area contributed by atoms with Crippen LogP contribution in [-0.4, -0.2) is 257 Å². The van der Waals surface area contributed by atoms with Gasteiger partial charge in [-0.1, -0.05) is 245 Å². The van der Waals surface area contributed by atoms with Crippen LogP contribution in [0.2, 0.25) is 0 Å². The highest BCUT2D eigenvalue weighted by Gasteiger charge is 2.21. The number of ether oxygens (including phenoxy) is 2. The van der Waals surface area contributed by atoms with Gasteiger partial charge >= 0.3 is 71.6 Å². The van der Waals surface area contributed by atoms with Gasteiger partial charge in [-0.05, 0) is 140 Å². The Morgan fingerprint density at radius 1 is 0.268 bits per heavy atom. The largest absolute Gasteiger partial charge is 0.480 e. The summed E-state index contributed by atoms with van der Waals surface area (Å²) in [5, 5.41) is 92.4. The maximum absolute atomic E-state index is 12.0. The first kappa shape index (κ1) is 115. The minimum absolute atomic E-state index is 0.0226. The Morgan fingerprint density at radius 2 is 0.529 bits per heavy atom. The molecule has 11 aromatic rings. The van der Waals surface area contributed by atoms with Gasteiger partial charge in [0.05, 0.1) is 33.4 Å². The molecule has 12 N–H and O–H groups in total. The molecule has 0 heterocycles. The molecule has 0 spiro atoms. The molecule has 0 atom stereocenters. The summed E-state index contributed by atoms with van der Waals surface area (Å²) in [5.41, 5.74) is 9.08. The van der Waals surface area contributed by atoms with Crippen LogP contribution in [0.1, 0.15) is 38.3 Å². The lowest BCUT2D eigenvalue weighted by atomic mass is 10.1. The molecule has 0 fully saturated rings. The van der Waals surface area contributed by atoms with E-state index in [0.29, 0.717) is 48.1 Å². The number of hydrogen-bond acceptors (Lipinski definition) is 24. The maximum Gasteiger partial charge on any atom is 0.325 e. The summed E-state index contributed by atoms with van der Waals surface area (Å²) in [6.45, 7) is 7.71. The van der Waals surface area contributed by atoms with E-state index in [-0.39, 0.29) is 91.0 Å². The average Bonchev–Trinajstić information content (AvgIpc) is 0.851. The SMILES string of the molecule is CCCOC(=O)CN(CC(=O)O)c1ccccc1.CCN(CC)CC(=O)O.CN(CC(=O)O)c1ccccc1.COC(=O)CN(CC(=O)O)c1ccccc1.O=C(O)CN(CC(=O)Nc1ccccc1)c1ccccc1.O=C(O)CN(CC(=O)O)c1ccccc1.O=C(O)CN(Cc1ccccc1)Cc1ccccc1.O=C(O)CN(c1ccccc1)c1ccccc1.O=C(O)CNc1ccccc1. The van der Waals surface area contributed by atoms with Crippen molar-refractivity contribution in [3.8, 4) is 0 Å². The number of para-hydroxylation sites is 9. The highest BCUT2D eigenvalue weighted by Crippen LogP contribution is 2.25. The van der Waals surface area contributed by atoms with Gasteiger partial charge in [0.15, 0.2) is 0 Å². The number of carbonyl (C=O) groups excluding carboxylic acids is 3. The molecular weight excluding hydrogens is 1780 g/mol.